The summed E-state index contributed by atoms with van der Waals surface area (Å²) in [6, 6.07) is 16.5. The van der Waals surface area contributed by atoms with E-state index in [0.29, 0.717) is 5.41 Å². The van der Waals surface area contributed by atoms with E-state index in [1.54, 1.807) is 7.11 Å². The number of benzene rings is 4. The topological polar surface area (TPSA) is 38.7 Å². The van der Waals surface area contributed by atoms with Gasteiger partial charge in [0.2, 0.25) is 0 Å². The number of aliphatic hydroxyl groups is 1. The molecule has 0 aliphatic carbocycles. The van der Waals surface area contributed by atoms with E-state index in [1.165, 1.54) is 83.5 Å². The second-order valence-electron chi connectivity index (χ2n) is 15.7. The predicted octanol–water partition coefficient (Wildman–Crippen LogP) is 12.1. The van der Waals surface area contributed by atoms with Crippen molar-refractivity contribution in [3.63, 3.8) is 0 Å². The molecular formula is C47H70O3. The number of aryl methyl sites for hydroxylation is 1. The maximum Gasteiger partial charge on any atom is 0.119 e. The molecule has 0 amide bonds. The molecule has 0 saturated heterocycles. The lowest BCUT2D eigenvalue weighted by Crippen LogP contribution is -2.22. The van der Waals surface area contributed by atoms with Crippen molar-refractivity contribution >= 4 is 0 Å². The van der Waals surface area contributed by atoms with Crippen molar-refractivity contribution in [3.8, 4) is 5.75 Å². The van der Waals surface area contributed by atoms with E-state index in [1.807, 2.05) is 12.1 Å². The highest BCUT2D eigenvalue weighted by Gasteiger charge is 2.09. The van der Waals surface area contributed by atoms with Gasteiger partial charge >= 0.3 is 0 Å². The average Bonchev–Trinajstić information content (AvgIpc) is 3.07. The minimum atomic E-state index is -0.595. The van der Waals surface area contributed by atoms with E-state index in [-0.39, 0.29) is 13.2 Å². The van der Waals surface area contributed by atoms with Gasteiger partial charge in [-0.05, 0) is 192 Å². The van der Waals surface area contributed by atoms with Gasteiger partial charge in [-0.2, -0.15) is 0 Å². The molecule has 3 heteroatoms. The Morgan fingerprint density at radius 1 is 0.460 bits per heavy atom. The maximum atomic E-state index is 9.53. The number of hydrogen-bond acceptors (Lipinski definition) is 3. The van der Waals surface area contributed by atoms with Crippen LogP contribution >= 0.6 is 0 Å². The monoisotopic (exact) mass is 683 g/mol. The predicted molar refractivity (Wildman–Crippen MR) is 219 cm³/mol. The van der Waals surface area contributed by atoms with Crippen LogP contribution in [0.4, 0.5) is 0 Å². The standard InChI is InChI=1S/C18H22O3.2C12H18.C5H12/c1-14-3-5-15(6-4-14)11-16-7-9-18(10-8-16)21-13-17(19)12-20-2;2*1-7-8(2)10(4)12(6)11(5)9(7)3;1-5(2,3)4/h3-10,17,19H,11-13H2,1-2H3;2*1-6H3;1-4H3. The van der Waals surface area contributed by atoms with Crippen molar-refractivity contribution < 1.29 is 14.6 Å². The van der Waals surface area contributed by atoms with Crippen LogP contribution in [-0.4, -0.2) is 31.5 Å². The molecule has 4 aromatic rings. The highest BCUT2D eigenvalue weighted by Crippen LogP contribution is 2.26. The molecular weight excluding hydrogens is 613 g/mol. The first kappa shape index (κ1) is 44.6. The fourth-order valence-corrected chi connectivity index (χ4v) is 5.45. The molecule has 0 aliphatic heterocycles. The minimum absolute atomic E-state index is 0.241. The van der Waals surface area contributed by atoms with Gasteiger partial charge in [-0.1, -0.05) is 69.7 Å². The molecule has 0 spiro atoms. The highest BCUT2D eigenvalue weighted by molar-refractivity contribution is 5.49. The Balaban J connectivity index is 0.000000370. The van der Waals surface area contributed by atoms with Crippen LogP contribution in [0.2, 0.25) is 0 Å². The van der Waals surface area contributed by atoms with Gasteiger partial charge in [0.15, 0.2) is 0 Å². The van der Waals surface area contributed by atoms with Gasteiger partial charge in [-0.25, -0.2) is 0 Å². The molecule has 0 heterocycles. The lowest BCUT2D eigenvalue weighted by Gasteiger charge is -2.15. The van der Waals surface area contributed by atoms with E-state index < -0.39 is 6.10 Å². The summed E-state index contributed by atoms with van der Waals surface area (Å²) in [5, 5.41) is 9.53. The minimum Gasteiger partial charge on any atom is -0.491 e. The molecule has 0 bridgehead atoms. The van der Waals surface area contributed by atoms with E-state index in [9.17, 15) is 5.11 Å². The largest absolute Gasteiger partial charge is 0.491 e. The second-order valence-corrected chi connectivity index (χ2v) is 15.7. The summed E-state index contributed by atoms with van der Waals surface area (Å²) in [5.74, 6) is 0.762. The lowest BCUT2D eigenvalue weighted by atomic mass is 9.90. The van der Waals surface area contributed by atoms with Crippen LogP contribution in [0.15, 0.2) is 48.5 Å². The van der Waals surface area contributed by atoms with E-state index >= 15 is 0 Å². The van der Waals surface area contributed by atoms with Crippen molar-refractivity contribution in [3.05, 3.63) is 132 Å². The van der Waals surface area contributed by atoms with Gasteiger partial charge < -0.3 is 14.6 Å². The molecule has 0 radical (unpaired) electrons. The van der Waals surface area contributed by atoms with Crippen LogP contribution in [0.1, 0.15) is 111 Å². The summed E-state index contributed by atoms with van der Waals surface area (Å²) >= 11 is 0. The number of aliphatic hydroxyl groups excluding tert-OH is 1. The Kier molecular flexibility index (Phi) is 18.2. The molecule has 50 heavy (non-hydrogen) atoms. The number of methoxy groups -OCH3 is 1. The van der Waals surface area contributed by atoms with Crippen LogP contribution in [0.5, 0.6) is 5.75 Å². The smallest absolute Gasteiger partial charge is 0.119 e. The quantitative estimate of drug-likeness (QED) is 0.211. The lowest BCUT2D eigenvalue weighted by molar-refractivity contribution is 0.0325. The second kappa shape index (κ2) is 20.4. The molecule has 4 rings (SSSR count). The van der Waals surface area contributed by atoms with E-state index in [0.717, 1.165) is 12.2 Å². The van der Waals surface area contributed by atoms with Crippen molar-refractivity contribution in [2.45, 2.75) is 130 Å². The first-order valence-corrected chi connectivity index (χ1v) is 18.1. The molecule has 0 aromatic heterocycles. The first-order valence-electron chi connectivity index (χ1n) is 18.1. The third kappa shape index (κ3) is 14.4. The summed E-state index contributed by atoms with van der Waals surface area (Å²) in [4.78, 5) is 0. The Hall–Kier alpha value is -3.40. The van der Waals surface area contributed by atoms with Crippen molar-refractivity contribution in [2.75, 3.05) is 20.3 Å². The molecule has 1 unspecified atom stereocenters. The van der Waals surface area contributed by atoms with Gasteiger partial charge in [-0.3, -0.25) is 0 Å². The molecule has 1 N–H and O–H groups in total. The van der Waals surface area contributed by atoms with Gasteiger partial charge in [0.25, 0.3) is 0 Å². The molecule has 3 nitrogen and oxygen atoms in total. The van der Waals surface area contributed by atoms with Crippen molar-refractivity contribution in [2.24, 2.45) is 5.41 Å². The van der Waals surface area contributed by atoms with Crippen LogP contribution in [0.3, 0.4) is 0 Å². The van der Waals surface area contributed by atoms with Crippen LogP contribution in [-0.2, 0) is 11.2 Å². The van der Waals surface area contributed by atoms with Crippen LogP contribution < -0.4 is 4.74 Å². The van der Waals surface area contributed by atoms with Gasteiger partial charge in [0, 0.05) is 7.11 Å². The summed E-state index contributed by atoms with van der Waals surface area (Å²) in [5.41, 5.74) is 21.8. The van der Waals surface area contributed by atoms with E-state index in [2.05, 4.69) is 154 Å². The number of ether oxygens (including phenoxy) is 2. The molecule has 1 atom stereocenters. The Labute approximate surface area is 307 Å². The summed E-state index contributed by atoms with van der Waals surface area (Å²) in [6.45, 7) is 37.9. The molecule has 0 saturated carbocycles. The van der Waals surface area contributed by atoms with Crippen molar-refractivity contribution in [1.29, 1.82) is 0 Å². The van der Waals surface area contributed by atoms with Crippen molar-refractivity contribution in [1.82, 2.24) is 0 Å². The SMILES string of the molecule is CC(C)(C)C.COCC(O)COc1ccc(Cc2ccc(C)cc2)cc1.Cc1c(C)c(C)c(C)c(C)c1C.Cc1c(C)c(C)c(C)c(C)c1C. The fraction of sp³-hybridized carbons (Fsp3) is 0.489. The zero-order valence-corrected chi connectivity index (χ0v) is 35.1. The third-order valence-electron chi connectivity index (χ3n) is 10.0. The zero-order valence-electron chi connectivity index (χ0n) is 35.1. The summed E-state index contributed by atoms with van der Waals surface area (Å²) in [7, 11) is 1.56. The summed E-state index contributed by atoms with van der Waals surface area (Å²) < 4.78 is 10.4. The van der Waals surface area contributed by atoms with Crippen LogP contribution in [0.25, 0.3) is 0 Å². The van der Waals surface area contributed by atoms with Gasteiger partial charge in [-0.15, -0.1) is 0 Å². The zero-order chi connectivity index (χ0) is 38.5. The molecule has 4 aromatic carbocycles. The summed E-state index contributed by atoms with van der Waals surface area (Å²) in [6.07, 6.45) is 0.314. The normalized spacial score (nSPS) is 11.3. The average molecular weight is 683 g/mol. The fourth-order valence-electron chi connectivity index (χ4n) is 5.45. The Morgan fingerprint density at radius 3 is 0.980 bits per heavy atom. The number of rotatable bonds is 7. The number of hydrogen-bond donors (Lipinski definition) is 1. The first-order chi connectivity index (χ1) is 23.1. The van der Waals surface area contributed by atoms with Gasteiger partial charge in [0.05, 0.1) is 6.61 Å². The molecule has 0 fully saturated rings. The molecule has 276 valence electrons. The molecule has 0 aliphatic rings. The van der Waals surface area contributed by atoms with Gasteiger partial charge in [0.1, 0.15) is 18.5 Å². The third-order valence-corrected chi connectivity index (χ3v) is 10.0. The maximum absolute atomic E-state index is 9.53. The van der Waals surface area contributed by atoms with E-state index in [4.69, 9.17) is 9.47 Å². The van der Waals surface area contributed by atoms with Crippen LogP contribution in [0, 0.1) is 95.4 Å². The Bertz CT molecular complexity index is 1350. The Morgan fingerprint density at radius 2 is 0.720 bits per heavy atom. The highest BCUT2D eigenvalue weighted by atomic mass is 16.5.